The van der Waals surface area contributed by atoms with Gasteiger partial charge in [-0.2, -0.15) is 0 Å². The lowest BCUT2D eigenvalue weighted by molar-refractivity contribution is -0.126. The van der Waals surface area contributed by atoms with Gasteiger partial charge in [0, 0.05) is 12.8 Å². The number of amides is 1. The monoisotopic (exact) mass is 269 g/mol. The van der Waals surface area contributed by atoms with Gasteiger partial charge in [-0.05, 0) is 29.7 Å². The minimum atomic E-state index is -0.595. The molecule has 20 heavy (non-hydrogen) atoms. The highest BCUT2D eigenvalue weighted by molar-refractivity contribution is 5.94. The van der Waals surface area contributed by atoms with E-state index in [0.717, 1.165) is 17.7 Å². The molecule has 1 atom stereocenters. The van der Waals surface area contributed by atoms with Crippen molar-refractivity contribution in [3.63, 3.8) is 0 Å². The number of anilines is 1. The number of benzene rings is 2. The van der Waals surface area contributed by atoms with E-state index in [1.807, 2.05) is 54.6 Å². The lowest BCUT2D eigenvalue weighted by Crippen LogP contribution is -2.22. The number of carbonyl (C=O) groups is 1. The number of carbonyl (C=O) groups excluding carboxylic acids is 1. The highest BCUT2D eigenvalue weighted by atomic mass is 16.5. The van der Waals surface area contributed by atoms with Crippen LogP contribution in [0.4, 0.5) is 5.69 Å². The number of methoxy groups -OCH3 is 1. The first-order valence-electron chi connectivity index (χ1n) is 6.72. The summed E-state index contributed by atoms with van der Waals surface area (Å²) >= 11 is 0. The summed E-state index contributed by atoms with van der Waals surface area (Å²) in [5.41, 5.74) is 2.87. The quantitative estimate of drug-likeness (QED) is 0.901. The Morgan fingerprint density at radius 1 is 1.10 bits per heavy atom. The summed E-state index contributed by atoms with van der Waals surface area (Å²) in [6, 6.07) is 17.3. The van der Waals surface area contributed by atoms with E-state index < -0.39 is 6.10 Å². The molecule has 104 valence electrons. The molecule has 3 nitrogen and oxygen atoms in total. The number of rotatable bonds is 5. The van der Waals surface area contributed by atoms with Crippen LogP contribution in [0.3, 0.4) is 0 Å². The summed E-state index contributed by atoms with van der Waals surface area (Å²) in [6.07, 6.45) is 0.390. The molecule has 2 aromatic carbocycles. The van der Waals surface area contributed by atoms with Crippen LogP contribution in [0, 0.1) is 0 Å². The molecule has 2 rings (SSSR count). The number of nitrogens with one attached hydrogen (secondary N) is 1. The van der Waals surface area contributed by atoms with Crippen molar-refractivity contribution >= 4 is 11.6 Å². The number of ether oxygens (including phenoxy) is 1. The summed E-state index contributed by atoms with van der Waals surface area (Å²) in [5, 5.41) is 2.88. The molecule has 0 radical (unpaired) electrons. The average Bonchev–Trinajstić information content (AvgIpc) is 2.50. The van der Waals surface area contributed by atoms with E-state index in [4.69, 9.17) is 4.74 Å². The predicted molar refractivity (Wildman–Crippen MR) is 80.6 cm³/mol. The molecule has 0 saturated carbocycles. The molecule has 1 amide bonds. The zero-order valence-corrected chi connectivity index (χ0v) is 11.8. The van der Waals surface area contributed by atoms with Crippen LogP contribution in [-0.2, 0) is 16.0 Å². The van der Waals surface area contributed by atoms with Gasteiger partial charge < -0.3 is 10.1 Å². The van der Waals surface area contributed by atoms with Gasteiger partial charge in [0.05, 0.1) is 0 Å². The molecule has 1 unspecified atom stereocenters. The molecule has 0 aliphatic heterocycles. The van der Waals surface area contributed by atoms with Crippen LogP contribution in [0.5, 0.6) is 0 Å². The fourth-order valence-electron chi connectivity index (χ4n) is 2.05. The molecule has 0 saturated heterocycles. The van der Waals surface area contributed by atoms with Crippen molar-refractivity contribution in [3.8, 4) is 0 Å². The second-order valence-electron chi connectivity index (χ2n) is 4.57. The van der Waals surface area contributed by atoms with Crippen molar-refractivity contribution in [2.24, 2.45) is 0 Å². The number of hydrogen-bond donors (Lipinski definition) is 1. The predicted octanol–water partition coefficient (Wildman–Crippen LogP) is 3.58. The Bertz CT molecular complexity index is 549. The maximum Gasteiger partial charge on any atom is 0.258 e. The molecule has 3 heteroatoms. The Balaban J connectivity index is 2.09. The smallest absolute Gasteiger partial charge is 0.258 e. The van der Waals surface area contributed by atoms with Crippen molar-refractivity contribution < 1.29 is 9.53 Å². The van der Waals surface area contributed by atoms with Crippen LogP contribution in [0.2, 0.25) is 0 Å². The van der Waals surface area contributed by atoms with E-state index in [0.29, 0.717) is 0 Å². The first-order chi connectivity index (χ1) is 9.74. The molecule has 0 bridgehead atoms. The first kappa shape index (κ1) is 14.3. The van der Waals surface area contributed by atoms with E-state index in [9.17, 15) is 4.79 Å². The lowest BCUT2D eigenvalue weighted by atomic mass is 10.1. The minimum absolute atomic E-state index is 0.164. The third kappa shape index (κ3) is 3.45. The average molecular weight is 269 g/mol. The molecule has 0 fully saturated rings. The van der Waals surface area contributed by atoms with Crippen molar-refractivity contribution in [1.82, 2.24) is 0 Å². The van der Waals surface area contributed by atoms with Crippen molar-refractivity contribution in [1.29, 1.82) is 0 Å². The maximum absolute atomic E-state index is 12.3. The highest BCUT2D eigenvalue weighted by Gasteiger charge is 2.19. The second-order valence-corrected chi connectivity index (χ2v) is 4.57. The Hall–Kier alpha value is -2.13. The van der Waals surface area contributed by atoms with Gasteiger partial charge in [0.15, 0.2) is 6.10 Å². The Kier molecular flexibility index (Phi) is 4.91. The number of hydrogen-bond acceptors (Lipinski definition) is 2. The van der Waals surface area contributed by atoms with Crippen LogP contribution < -0.4 is 5.32 Å². The Labute approximate surface area is 119 Å². The number of aryl methyl sites for hydroxylation is 1. The second kappa shape index (κ2) is 6.87. The van der Waals surface area contributed by atoms with E-state index in [1.54, 1.807) is 0 Å². The molecular formula is C17H19NO2. The third-order valence-electron chi connectivity index (χ3n) is 3.21. The fourth-order valence-corrected chi connectivity index (χ4v) is 2.05. The van der Waals surface area contributed by atoms with Gasteiger partial charge in [-0.15, -0.1) is 0 Å². The summed E-state index contributed by atoms with van der Waals surface area (Å²) in [7, 11) is 1.54. The topological polar surface area (TPSA) is 38.3 Å². The van der Waals surface area contributed by atoms with Gasteiger partial charge in [0.1, 0.15) is 0 Å². The van der Waals surface area contributed by atoms with Crippen LogP contribution in [-0.4, -0.2) is 13.0 Å². The first-order valence-corrected chi connectivity index (χ1v) is 6.72. The third-order valence-corrected chi connectivity index (χ3v) is 3.21. The highest BCUT2D eigenvalue weighted by Crippen LogP contribution is 2.19. The Morgan fingerprint density at radius 2 is 1.75 bits per heavy atom. The van der Waals surface area contributed by atoms with Gasteiger partial charge in [-0.1, -0.05) is 49.4 Å². The van der Waals surface area contributed by atoms with Gasteiger partial charge in [0.25, 0.3) is 5.91 Å². The van der Waals surface area contributed by atoms with Gasteiger partial charge >= 0.3 is 0 Å². The maximum atomic E-state index is 12.3. The molecule has 0 spiro atoms. The molecule has 0 heterocycles. The van der Waals surface area contributed by atoms with E-state index in [2.05, 4.69) is 12.2 Å². The largest absolute Gasteiger partial charge is 0.367 e. The van der Waals surface area contributed by atoms with Gasteiger partial charge in [0.2, 0.25) is 0 Å². The van der Waals surface area contributed by atoms with Crippen LogP contribution >= 0.6 is 0 Å². The molecule has 2 aromatic rings. The van der Waals surface area contributed by atoms with Gasteiger partial charge in [-0.3, -0.25) is 4.79 Å². The standard InChI is InChI=1S/C17H19NO2/c1-3-13-9-11-15(12-10-13)18-17(19)16(20-2)14-7-5-4-6-8-14/h4-12,16H,3H2,1-2H3,(H,18,19). The van der Waals surface area contributed by atoms with Crippen LogP contribution in [0.1, 0.15) is 24.2 Å². The zero-order valence-electron chi connectivity index (χ0n) is 11.8. The molecule has 0 aliphatic rings. The van der Waals surface area contributed by atoms with Crippen molar-refractivity contribution in [2.75, 3.05) is 12.4 Å². The van der Waals surface area contributed by atoms with E-state index in [-0.39, 0.29) is 5.91 Å². The summed E-state index contributed by atoms with van der Waals surface area (Å²) in [6.45, 7) is 2.10. The van der Waals surface area contributed by atoms with E-state index in [1.165, 1.54) is 12.7 Å². The molecular weight excluding hydrogens is 250 g/mol. The van der Waals surface area contributed by atoms with Crippen molar-refractivity contribution in [3.05, 3.63) is 65.7 Å². The van der Waals surface area contributed by atoms with Crippen LogP contribution in [0.15, 0.2) is 54.6 Å². The van der Waals surface area contributed by atoms with Crippen molar-refractivity contribution in [2.45, 2.75) is 19.4 Å². The van der Waals surface area contributed by atoms with E-state index >= 15 is 0 Å². The minimum Gasteiger partial charge on any atom is -0.367 e. The summed E-state index contributed by atoms with van der Waals surface area (Å²) in [4.78, 5) is 12.3. The molecule has 0 aliphatic carbocycles. The Morgan fingerprint density at radius 3 is 2.30 bits per heavy atom. The summed E-state index contributed by atoms with van der Waals surface area (Å²) in [5.74, 6) is -0.164. The normalized spacial score (nSPS) is 11.9. The SMILES string of the molecule is CCc1ccc(NC(=O)C(OC)c2ccccc2)cc1. The fraction of sp³-hybridized carbons (Fsp3) is 0.235. The lowest BCUT2D eigenvalue weighted by Gasteiger charge is -2.15. The molecule has 1 N–H and O–H groups in total. The molecule has 0 aromatic heterocycles. The van der Waals surface area contributed by atoms with Crippen LogP contribution in [0.25, 0.3) is 0 Å². The zero-order chi connectivity index (χ0) is 14.4. The van der Waals surface area contributed by atoms with Gasteiger partial charge in [-0.25, -0.2) is 0 Å². The summed E-state index contributed by atoms with van der Waals surface area (Å²) < 4.78 is 5.30.